The molecule has 29 heavy (non-hydrogen) atoms. The summed E-state index contributed by atoms with van der Waals surface area (Å²) < 4.78 is 11.5. The number of thiophene rings is 1. The number of nitrogens with one attached hydrogen (secondary N) is 2. The minimum Gasteiger partial charge on any atom is -0.497 e. The Hall–Kier alpha value is -1.07. The lowest BCUT2D eigenvalue weighted by atomic mass is 10.2. The largest absolute Gasteiger partial charge is 0.497 e. The van der Waals surface area contributed by atoms with Crippen molar-refractivity contribution in [2.24, 2.45) is 4.99 Å². The van der Waals surface area contributed by atoms with Crippen LogP contribution in [-0.4, -0.2) is 44.4 Å². The first kappa shape index (κ1) is 26.0. The summed E-state index contributed by atoms with van der Waals surface area (Å²) in [5.41, 5.74) is 1.12. The topological polar surface area (TPSA) is 75.1 Å². The summed E-state index contributed by atoms with van der Waals surface area (Å²) in [5.74, 6) is 1.52. The van der Waals surface area contributed by atoms with Crippen LogP contribution in [0, 0.1) is 0 Å². The second-order valence-corrected chi connectivity index (χ2v) is 7.80. The number of nitrogens with zero attached hydrogens (tertiary/aromatic N) is 1. The first-order chi connectivity index (χ1) is 13.6. The molecule has 0 bridgehead atoms. The van der Waals surface area contributed by atoms with Crippen molar-refractivity contribution in [1.29, 1.82) is 0 Å². The number of halogens is 2. The molecule has 1 aromatic carbocycles. The van der Waals surface area contributed by atoms with E-state index < -0.39 is 6.10 Å². The first-order valence-electron chi connectivity index (χ1n) is 9.28. The summed E-state index contributed by atoms with van der Waals surface area (Å²) in [5, 5.41) is 16.6. The quantitative estimate of drug-likeness (QED) is 0.168. The molecule has 1 heterocycles. The Morgan fingerprint density at radius 1 is 1.21 bits per heavy atom. The van der Waals surface area contributed by atoms with Gasteiger partial charge in [0.25, 0.3) is 0 Å². The number of ether oxygens (including phenoxy) is 2. The molecule has 162 valence electrons. The highest BCUT2D eigenvalue weighted by Crippen LogP contribution is 2.26. The summed E-state index contributed by atoms with van der Waals surface area (Å²) in [7, 11) is 1.65. The Balaban J connectivity index is 0.00000420. The van der Waals surface area contributed by atoms with Gasteiger partial charge in [0.05, 0.1) is 24.6 Å². The van der Waals surface area contributed by atoms with E-state index in [1.54, 1.807) is 13.2 Å². The summed E-state index contributed by atoms with van der Waals surface area (Å²) in [6.45, 7) is 4.99. The van der Waals surface area contributed by atoms with Crippen LogP contribution < -0.4 is 15.4 Å². The van der Waals surface area contributed by atoms with Crippen LogP contribution in [0.5, 0.6) is 5.75 Å². The summed E-state index contributed by atoms with van der Waals surface area (Å²) in [6.07, 6.45) is 0.199. The molecule has 1 atom stereocenters. The number of hydrogen-bond acceptors (Lipinski definition) is 5. The number of rotatable bonds is 11. The van der Waals surface area contributed by atoms with Crippen LogP contribution in [0.25, 0.3) is 0 Å². The molecule has 9 heteroatoms. The molecule has 2 rings (SSSR count). The molecule has 0 saturated heterocycles. The molecule has 0 saturated carbocycles. The standard InChI is InChI=1S/C20H28ClN3O3S.HI/c1-3-22-20(24-13-17(25)18-9-10-19(21)28-18)23-11-4-12-27-14-15-5-7-16(26-2)8-6-15;/h5-10,17,25H,3-4,11-14H2,1-2H3,(H2,22,23,24);1H. The second kappa shape index (κ2) is 14.8. The lowest BCUT2D eigenvalue weighted by Crippen LogP contribution is -2.38. The number of methoxy groups -OCH3 is 1. The van der Waals surface area contributed by atoms with Gasteiger partial charge in [0.1, 0.15) is 11.9 Å². The highest BCUT2D eigenvalue weighted by atomic mass is 127. The Morgan fingerprint density at radius 3 is 2.59 bits per heavy atom. The van der Waals surface area contributed by atoms with Crippen LogP contribution in [0.15, 0.2) is 41.4 Å². The van der Waals surface area contributed by atoms with Gasteiger partial charge in [-0.3, -0.25) is 4.99 Å². The maximum atomic E-state index is 10.2. The maximum Gasteiger partial charge on any atom is 0.191 e. The number of aliphatic imine (C=N–C) groups is 1. The first-order valence-corrected chi connectivity index (χ1v) is 10.5. The number of aliphatic hydroxyl groups excluding tert-OH is 1. The van der Waals surface area contributed by atoms with Gasteiger partial charge in [-0.2, -0.15) is 0 Å². The Morgan fingerprint density at radius 2 is 1.97 bits per heavy atom. The summed E-state index contributed by atoms with van der Waals surface area (Å²) >= 11 is 7.28. The maximum absolute atomic E-state index is 10.2. The average Bonchev–Trinajstić information content (AvgIpc) is 3.15. The van der Waals surface area contributed by atoms with Crippen molar-refractivity contribution in [3.63, 3.8) is 0 Å². The highest BCUT2D eigenvalue weighted by molar-refractivity contribution is 14.0. The van der Waals surface area contributed by atoms with Crippen LogP contribution >= 0.6 is 46.9 Å². The van der Waals surface area contributed by atoms with E-state index >= 15 is 0 Å². The fourth-order valence-corrected chi connectivity index (χ4v) is 3.45. The summed E-state index contributed by atoms with van der Waals surface area (Å²) in [6, 6.07) is 11.5. The minimum atomic E-state index is -0.652. The number of benzene rings is 1. The second-order valence-electron chi connectivity index (χ2n) is 6.06. The third-order valence-electron chi connectivity index (χ3n) is 3.87. The molecule has 0 aliphatic heterocycles. The van der Waals surface area contributed by atoms with E-state index in [0.717, 1.165) is 35.7 Å². The van der Waals surface area contributed by atoms with E-state index in [9.17, 15) is 5.11 Å². The molecule has 3 N–H and O–H groups in total. The van der Waals surface area contributed by atoms with Crippen LogP contribution in [0.3, 0.4) is 0 Å². The third kappa shape index (κ3) is 9.99. The molecule has 0 spiro atoms. The molecule has 0 amide bonds. The van der Waals surface area contributed by atoms with E-state index in [2.05, 4.69) is 15.6 Å². The van der Waals surface area contributed by atoms with Crippen molar-refractivity contribution < 1.29 is 14.6 Å². The van der Waals surface area contributed by atoms with Gasteiger partial charge in [0, 0.05) is 24.6 Å². The van der Waals surface area contributed by atoms with Crippen molar-refractivity contribution >= 4 is 52.9 Å². The van der Waals surface area contributed by atoms with Gasteiger partial charge < -0.3 is 25.2 Å². The van der Waals surface area contributed by atoms with E-state index in [1.807, 2.05) is 37.3 Å². The van der Waals surface area contributed by atoms with Gasteiger partial charge in [0.2, 0.25) is 0 Å². The van der Waals surface area contributed by atoms with Crippen LogP contribution in [0.1, 0.15) is 29.9 Å². The number of aliphatic hydroxyl groups is 1. The van der Waals surface area contributed by atoms with E-state index in [-0.39, 0.29) is 30.5 Å². The Labute approximate surface area is 198 Å². The van der Waals surface area contributed by atoms with Crippen LogP contribution in [-0.2, 0) is 11.3 Å². The average molecular weight is 554 g/mol. The normalized spacial score (nSPS) is 12.2. The predicted molar refractivity (Wildman–Crippen MR) is 131 cm³/mol. The van der Waals surface area contributed by atoms with Crippen LogP contribution in [0.2, 0.25) is 4.34 Å². The molecule has 2 aromatic rings. The lowest BCUT2D eigenvalue weighted by Gasteiger charge is -2.13. The molecule has 0 fully saturated rings. The fraction of sp³-hybridized carbons (Fsp3) is 0.450. The molecule has 0 aliphatic rings. The smallest absolute Gasteiger partial charge is 0.191 e. The molecular weight excluding hydrogens is 525 g/mol. The van der Waals surface area contributed by atoms with E-state index in [4.69, 9.17) is 21.1 Å². The van der Waals surface area contributed by atoms with Crippen molar-refractivity contribution in [1.82, 2.24) is 10.6 Å². The monoisotopic (exact) mass is 553 g/mol. The molecule has 1 aromatic heterocycles. The molecular formula is C20H29ClIN3O3S. The fourth-order valence-electron chi connectivity index (χ4n) is 2.41. The number of hydrogen-bond donors (Lipinski definition) is 3. The van der Waals surface area contributed by atoms with Gasteiger partial charge in [-0.05, 0) is 43.2 Å². The van der Waals surface area contributed by atoms with E-state index in [1.165, 1.54) is 11.3 Å². The SMILES string of the molecule is CCNC(=NCC(O)c1ccc(Cl)s1)NCCCOCc1ccc(OC)cc1.I. The van der Waals surface area contributed by atoms with Crippen molar-refractivity contribution in [3.8, 4) is 5.75 Å². The predicted octanol–water partition coefficient (Wildman–Crippen LogP) is 4.22. The Kier molecular flexibility index (Phi) is 13.3. The van der Waals surface area contributed by atoms with Crippen LogP contribution in [0.4, 0.5) is 0 Å². The van der Waals surface area contributed by atoms with Gasteiger partial charge in [-0.1, -0.05) is 23.7 Å². The third-order valence-corrected chi connectivity index (χ3v) is 5.21. The Bertz CT molecular complexity index is 728. The summed E-state index contributed by atoms with van der Waals surface area (Å²) in [4.78, 5) is 5.25. The zero-order chi connectivity index (χ0) is 20.2. The zero-order valence-corrected chi connectivity index (χ0v) is 20.6. The van der Waals surface area contributed by atoms with E-state index in [0.29, 0.717) is 23.5 Å². The van der Waals surface area contributed by atoms with Crippen molar-refractivity contribution in [3.05, 3.63) is 51.2 Å². The van der Waals surface area contributed by atoms with Gasteiger partial charge in [-0.15, -0.1) is 35.3 Å². The molecule has 6 nitrogen and oxygen atoms in total. The van der Waals surface area contributed by atoms with Gasteiger partial charge in [-0.25, -0.2) is 0 Å². The number of guanidine groups is 1. The minimum absolute atomic E-state index is 0. The molecule has 0 radical (unpaired) electrons. The van der Waals surface area contributed by atoms with Gasteiger partial charge in [0.15, 0.2) is 5.96 Å². The van der Waals surface area contributed by atoms with Crippen molar-refractivity contribution in [2.75, 3.05) is 33.4 Å². The zero-order valence-electron chi connectivity index (χ0n) is 16.7. The molecule has 1 unspecified atom stereocenters. The highest BCUT2D eigenvalue weighted by Gasteiger charge is 2.10. The van der Waals surface area contributed by atoms with Crippen molar-refractivity contribution in [2.45, 2.75) is 26.1 Å². The molecule has 0 aliphatic carbocycles. The lowest BCUT2D eigenvalue weighted by molar-refractivity contribution is 0.119. The van der Waals surface area contributed by atoms with Gasteiger partial charge >= 0.3 is 0 Å².